The number of carboxylic acids is 1. The van der Waals surface area contributed by atoms with Crippen molar-refractivity contribution in [2.45, 2.75) is 31.9 Å². The molecule has 0 saturated carbocycles. The smallest absolute Gasteiger partial charge is 0.393 e. The van der Waals surface area contributed by atoms with E-state index in [1.54, 1.807) is 0 Å². The van der Waals surface area contributed by atoms with E-state index in [1.165, 1.54) is 38.1 Å². The summed E-state index contributed by atoms with van der Waals surface area (Å²) in [5.41, 5.74) is -0.752. The Morgan fingerprint density at radius 1 is 1.29 bits per heavy atom. The topological polar surface area (TPSA) is 37.3 Å². The van der Waals surface area contributed by atoms with E-state index in [-0.39, 0.29) is 5.56 Å². The van der Waals surface area contributed by atoms with Gasteiger partial charge < -0.3 is 5.11 Å². The molecule has 0 bridgehead atoms. The van der Waals surface area contributed by atoms with Crippen LogP contribution in [0.1, 0.15) is 25.0 Å². The Kier molecular flexibility index (Phi) is 3.50. The van der Waals surface area contributed by atoms with E-state index in [9.17, 15) is 18.0 Å². The minimum absolute atomic E-state index is 0.0734. The van der Waals surface area contributed by atoms with Gasteiger partial charge in [0.1, 0.15) is 0 Å². The second-order valence-electron chi connectivity index (χ2n) is 4.42. The molecule has 1 aromatic rings. The van der Waals surface area contributed by atoms with Crippen molar-refractivity contribution in [1.29, 1.82) is 0 Å². The van der Waals surface area contributed by atoms with Crippen LogP contribution >= 0.6 is 0 Å². The average molecular weight is 246 g/mol. The lowest BCUT2D eigenvalue weighted by Crippen LogP contribution is -2.28. The molecule has 0 aliphatic rings. The molecule has 0 spiro atoms. The lowest BCUT2D eigenvalue weighted by atomic mass is 9.84. The zero-order valence-corrected chi connectivity index (χ0v) is 9.51. The molecule has 1 aromatic carbocycles. The molecular weight excluding hydrogens is 233 g/mol. The van der Waals surface area contributed by atoms with Gasteiger partial charge in [-0.05, 0) is 25.0 Å². The zero-order chi connectivity index (χ0) is 13.3. The summed E-state index contributed by atoms with van der Waals surface area (Å²) in [4.78, 5) is 11.0. The molecule has 94 valence electrons. The summed E-state index contributed by atoms with van der Waals surface area (Å²) in [5.74, 6) is -1.07. The number of hydrogen-bond acceptors (Lipinski definition) is 1. The lowest BCUT2D eigenvalue weighted by Gasteiger charge is -2.20. The maximum absolute atomic E-state index is 12.2. The van der Waals surface area contributed by atoms with Crippen molar-refractivity contribution < 1.29 is 23.1 Å². The highest BCUT2D eigenvalue weighted by atomic mass is 19.4. The molecule has 1 rings (SSSR count). The van der Waals surface area contributed by atoms with Crippen LogP contribution in [0, 0.1) is 0 Å². The van der Waals surface area contributed by atoms with Gasteiger partial charge >= 0.3 is 12.1 Å². The highest BCUT2D eigenvalue weighted by Crippen LogP contribution is 2.27. The minimum atomic E-state index is -4.29. The SMILES string of the molecule is CC(C)(C(=O)O)c1cccc(CC(F)(F)F)c1. The third kappa shape index (κ3) is 3.47. The monoisotopic (exact) mass is 246 g/mol. The van der Waals surface area contributed by atoms with Crippen molar-refractivity contribution in [2.75, 3.05) is 0 Å². The molecule has 0 unspecified atom stereocenters. The van der Waals surface area contributed by atoms with Gasteiger partial charge in [-0.25, -0.2) is 0 Å². The Labute approximate surface area is 97.1 Å². The molecule has 0 heterocycles. The van der Waals surface area contributed by atoms with E-state index in [0.717, 1.165) is 0 Å². The summed E-state index contributed by atoms with van der Waals surface area (Å²) in [5, 5.41) is 9.00. The van der Waals surface area contributed by atoms with Crippen LogP contribution in [0.3, 0.4) is 0 Å². The van der Waals surface area contributed by atoms with Gasteiger partial charge in [0.05, 0.1) is 11.8 Å². The summed E-state index contributed by atoms with van der Waals surface area (Å²) in [6.07, 6.45) is -5.33. The Morgan fingerprint density at radius 2 is 1.88 bits per heavy atom. The van der Waals surface area contributed by atoms with Crippen LogP contribution in [0.5, 0.6) is 0 Å². The van der Waals surface area contributed by atoms with Gasteiger partial charge in [-0.1, -0.05) is 24.3 Å². The van der Waals surface area contributed by atoms with Crippen LogP contribution < -0.4 is 0 Å². The maximum atomic E-state index is 12.2. The van der Waals surface area contributed by atoms with E-state index < -0.39 is 24.0 Å². The Morgan fingerprint density at radius 3 is 2.35 bits per heavy atom. The zero-order valence-electron chi connectivity index (χ0n) is 9.51. The molecule has 0 aliphatic heterocycles. The number of benzene rings is 1. The van der Waals surface area contributed by atoms with Gasteiger partial charge in [-0.3, -0.25) is 4.79 Å². The standard InChI is InChI=1S/C12H13F3O2/c1-11(2,10(16)17)9-5-3-4-8(6-9)7-12(13,14)15/h3-6H,7H2,1-2H3,(H,16,17). The number of carbonyl (C=O) groups is 1. The molecule has 0 fully saturated rings. The first-order valence-electron chi connectivity index (χ1n) is 5.02. The molecule has 0 radical (unpaired) electrons. The van der Waals surface area contributed by atoms with Crippen molar-refractivity contribution in [1.82, 2.24) is 0 Å². The largest absolute Gasteiger partial charge is 0.481 e. The van der Waals surface area contributed by atoms with Gasteiger partial charge in [0.25, 0.3) is 0 Å². The summed E-state index contributed by atoms with van der Waals surface area (Å²) in [6, 6.07) is 5.60. The van der Waals surface area contributed by atoms with E-state index >= 15 is 0 Å². The van der Waals surface area contributed by atoms with Crippen molar-refractivity contribution in [3.63, 3.8) is 0 Å². The average Bonchev–Trinajstić information content (AvgIpc) is 2.15. The van der Waals surface area contributed by atoms with Crippen LogP contribution in [0.25, 0.3) is 0 Å². The first kappa shape index (κ1) is 13.5. The summed E-state index contributed by atoms with van der Waals surface area (Å²) in [6.45, 7) is 2.92. The van der Waals surface area contributed by atoms with Crippen LogP contribution in [-0.4, -0.2) is 17.3 Å². The number of halogens is 3. The first-order chi connectivity index (χ1) is 7.63. The first-order valence-corrected chi connectivity index (χ1v) is 5.02. The van der Waals surface area contributed by atoms with Crippen LogP contribution in [0.2, 0.25) is 0 Å². The van der Waals surface area contributed by atoms with Gasteiger partial charge in [-0.15, -0.1) is 0 Å². The molecule has 0 saturated heterocycles. The second-order valence-corrected chi connectivity index (χ2v) is 4.42. The van der Waals surface area contributed by atoms with E-state index in [0.29, 0.717) is 5.56 Å². The Bertz CT molecular complexity index is 422. The third-order valence-electron chi connectivity index (χ3n) is 2.59. The summed E-state index contributed by atoms with van der Waals surface area (Å²) in [7, 11) is 0. The van der Waals surface area contributed by atoms with Crippen LogP contribution in [-0.2, 0) is 16.6 Å². The fourth-order valence-electron chi connectivity index (χ4n) is 1.42. The second kappa shape index (κ2) is 4.39. The minimum Gasteiger partial charge on any atom is -0.481 e. The molecule has 1 N–H and O–H groups in total. The molecular formula is C12H13F3O2. The van der Waals surface area contributed by atoms with Gasteiger partial charge in [0.2, 0.25) is 0 Å². The van der Waals surface area contributed by atoms with E-state index in [4.69, 9.17) is 5.11 Å². The Balaban J connectivity index is 3.06. The molecule has 2 nitrogen and oxygen atoms in total. The number of hydrogen-bond donors (Lipinski definition) is 1. The molecule has 0 aliphatic carbocycles. The van der Waals surface area contributed by atoms with Crippen LogP contribution in [0.4, 0.5) is 13.2 Å². The maximum Gasteiger partial charge on any atom is 0.393 e. The van der Waals surface area contributed by atoms with Gasteiger partial charge in [-0.2, -0.15) is 13.2 Å². The molecule has 0 aromatic heterocycles. The third-order valence-corrected chi connectivity index (χ3v) is 2.59. The van der Waals surface area contributed by atoms with Crippen molar-refractivity contribution >= 4 is 5.97 Å². The molecule has 17 heavy (non-hydrogen) atoms. The predicted octanol–water partition coefficient (Wildman–Crippen LogP) is 3.15. The number of carboxylic acid groups (broad SMARTS) is 1. The summed E-state index contributed by atoms with van der Waals surface area (Å²) >= 11 is 0. The molecule has 0 atom stereocenters. The van der Waals surface area contributed by atoms with Gasteiger partial charge in [0, 0.05) is 0 Å². The van der Waals surface area contributed by atoms with Crippen molar-refractivity contribution in [3.05, 3.63) is 35.4 Å². The van der Waals surface area contributed by atoms with Gasteiger partial charge in [0.15, 0.2) is 0 Å². The number of alkyl halides is 3. The predicted molar refractivity (Wildman–Crippen MR) is 56.9 cm³/mol. The fourth-order valence-corrected chi connectivity index (χ4v) is 1.42. The quantitative estimate of drug-likeness (QED) is 0.889. The van der Waals surface area contributed by atoms with Crippen molar-refractivity contribution in [2.24, 2.45) is 0 Å². The Hall–Kier alpha value is -1.52. The number of aliphatic carboxylic acids is 1. The van der Waals surface area contributed by atoms with Crippen molar-refractivity contribution in [3.8, 4) is 0 Å². The normalized spacial score (nSPS) is 12.5. The van der Waals surface area contributed by atoms with Crippen LogP contribution in [0.15, 0.2) is 24.3 Å². The highest BCUT2D eigenvalue weighted by Gasteiger charge is 2.31. The highest BCUT2D eigenvalue weighted by molar-refractivity contribution is 5.80. The molecule has 5 heteroatoms. The van der Waals surface area contributed by atoms with E-state index in [1.807, 2.05) is 0 Å². The fraction of sp³-hybridized carbons (Fsp3) is 0.417. The number of rotatable bonds is 3. The summed E-state index contributed by atoms with van der Waals surface area (Å²) < 4.78 is 36.6. The van der Waals surface area contributed by atoms with E-state index in [2.05, 4.69) is 0 Å². The lowest BCUT2D eigenvalue weighted by molar-refractivity contribution is -0.142. The molecule has 0 amide bonds.